The zero-order valence-corrected chi connectivity index (χ0v) is 9.83. The van der Waals surface area contributed by atoms with E-state index in [0.717, 1.165) is 0 Å². The van der Waals surface area contributed by atoms with Gasteiger partial charge in [0.25, 0.3) is 0 Å². The van der Waals surface area contributed by atoms with Crippen LogP contribution in [0.3, 0.4) is 0 Å². The number of anilines is 1. The summed E-state index contributed by atoms with van der Waals surface area (Å²) < 4.78 is 5.84. The van der Waals surface area contributed by atoms with Gasteiger partial charge in [0.2, 0.25) is 11.6 Å². The summed E-state index contributed by atoms with van der Waals surface area (Å²) in [5.74, 6) is -0.578. The van der Waals surface area contributed by atoms with Crippen molar-refractivity contribution < 1.29 is 14.3 Å². The van der Waals surface area contributed by atoms with Crippen LogP contribution in [0, 0.1) is 0 Å². The molecule has 0 saturated heterocycles. The van der Waals surface area contributed by atoms with Crippen molar-refractivity contribution in [2.45, 2.75) is 19.9 Å². The fourth-order valence-corrected chi connectivity index (χ4v) is 1.51. The van der Waals surface area contributed by atoms with Crippen molar-refractivity contribution in [3.05, 3.63) is 16.3 Å². The maximum absolute atomic E-state index is 10.6. The van der Waals surface area contributed by atoms with Crippen LogP contribution in [-0.2, 0) is 0 Å². The third-order valence-electron chi connectivity index (χ3n) is 1.97. The molecule has 0 aromatic carbocycles. The average molecular weight is 262 g/mol. The fourth-order valence-electron chi connectivity index (χ4n) is 0.940. The molecular weight excluding hydrogens is 250 g/mol. The third-order valence-corrected chi connectivity index (χ3v) is 2.54. The molecule has 1 rings (SSSR count). The lowest BCUT2D eigenvalue weighted by molar-refractivity contribution is 0.0663. The summed E-state index contributed by atoms with van der Waals surface area (Å²) in [5, 5.41) is 8.71. The monoisotopic (exact) mass is 261 g/mol. The number of carboxylic acids is 1. The first-order valence-corrected chi connectivity index (χ1v) is 4.98. The summed E-state index contributed by atoms with van der Waals surface area (Å²) >= 11 is 3.26. The standard InChI is InChI=1S/C9H12BrNO3/c1-5(2)11(3)8-6(10)4-7(14-8)9(12)13/h4-5H,1-3H3,(H,12,13). The van der Waals surface area contributed by atoms with Crippen LogP contribution in [0.1, 0.15) is 24.4 Å². The Balaban J connectivity index is 3.04. The molecular formula is C9H12BrNO3. The second-order valence-electron chi connectivity index (χ2n) is 3.27. The van der Waals surface area contributed by atoms with Gasteiger partial charge in [-0.25, -0.2) is 4.79 Å². The molecule has 0 fully saturated rings. The number of nitrogens with zero attached hydrogens (tertiary/aromatic N) is 1. The molecule has 4 nitrogen and oxygen atoms in total. The van der Waals surface area contributed by atoms with Crippen LogP contribution in [-0.4, -0.2) is 24.2 Å². The summed E-state index contributed by atoms with van der Waals surface area (Å²) in [6.07, 6.45) is 0. The van der Waals surface area contributed by atoms with Gasteiger partial charge in [0.1, 0.15) is 0 Å². The maximum Gasteiger partial charge on any atom is 0.371 e. The van der Waals surface area contributed by atoms with Crippen molar-refractivity contribution in [1.29, 1.82) is 0 Å². The zero-order chi connectivity index (χ0) is 10.9. The van der Waals surface area contributed by atoms with E-state index in [1.165, 1.54) is 6.07 Å². The van der Waals surface area contributed by atoms with Gasteiger partial charge in [-0.05, 0) is 29.8 Å². The van der Waals surface area contributed by atoms with Crippen LogP contribution in [0.2, 0.25) is 0 Å². The Morgan fingerprint density at radius 3 is 2.57 bits per heavy atom. The van der Waals surface area contributed by atoms with Crippen LogP contribution in [0.4, 0.5) is 5.88 Å². The summed E-state index contributed by atoms with van der Waals surface area (Å²) in [6, 6.07) is 1.70. The summed E-state index contributed by atoms with van der Waals surface area (Å²) in [7, 11) is 1.85. The predicted molar refractivity (Wildman–Crippen MR) is 56.9 cm³/mol. The summed E-state index contributed by atoms with van der Waals surface area (Å²) in [6.45, 7) is 3.99. The van der Waals surface area contributed by atoms with E-state index in [9.17, 15) is 4.79 Å². The highest BCUT2D eigenvalue weighted by atomic mass is 79.9. The van der Waals surface area contributed by atoms with Crippen LogP contribution in [0.15, 0.2) is 15.0 Å². The van der Waals surface area contributed by atoms with E-state index in [1.807, 2.05) is 25.8 Å². The van der Waals surface area contributed by atoms with Crippen molar-refractivity contribution in [3.8, 4) is 0 Å². The number of carboxylic acid groups (broad SMARTS) is 1. The highest BCUT2D eigenvalue weighted by Gasteiger charge is 2.18. The van der Waals surface area contributed by atoms with Gasteiger partial charge in [0.05, 0.1) is 4.47 Å². The number of rotatable bonds is 3. The Morgan fingerprint density at radius 1 is 1.64 bits per heavy atom. The Hall–Kier alpha value is -0.970. The van der Waals surface area contributed by atoms with Gasteiger partial charge >= 0.3 is 5.97 Å². The lowest BCUT2D eigenvalue weighted by Gasteiger charge is -2.20. The minimum Gasteiger partial charge on any atom is -0.475 e. The number of halogens is 1. The van der Waals surface area contributed by atoms with Crippen LogP contribution in [0.5, 0.6) is 0 Å². The Labute approximate surface area is 90.6 Å². The Morgan fingerprint density at radius 2 is 2.21 bits per heavy atom. The number of furan rings is 1. The molecule has 0 radical (unpaired) electrons. The lowest BCUT2D eigenvalue weighted by atomic mass is 10.3. The maximum atomic E-state index is 10.6. The molecule has 0 aliphatic heterocycles. The van der Waals surface area contributed by atoms with Crippen molar-refractivity contribution in [3.63, 3.8) is 0 Å². The zero-order valence-electron chi connectivity index (χ0n) is 8.24. The first kappa shape index (κ1) is 11.1. The van der Waals surface area contributed by atoms with Crippen molar-refractivity contribution in [2.75, 3.05) is 11.9 Å². The molecule has 0 aliphatic carbocycles. The molecule has 14 heavy (non-hydrogen) atoms. The van der Waals surface area contributed by atoms with E-state index in [1.54, 1.807) is 0 Å². The molecule has 5 heteroatoms. The van der Waals surface area contributed by atoms with Crippen molar-refractivity contribution in [2.24, 2.45) is 0 Å². The number of hydrogen-bond acceptors (Lipinski definition) is 3. The molecule has 1 aromatic heterocycles. The lowest BCUT2D eigenvalue weighted by Crippen LogP contribution is -2.25. The molecule has 0 atom stereocenters. The van der Waals surface area contributed by atoms with Gasteiger partial charge in [-0.3, -0.25) is 0 Å². The van der Waals surface area contributed by atoms with Gasteiger partial charge < -0.3 is 14.4 Å². The van der Waals surface area contributed by atoms with E-state index in [4.69, 9.17) is 9.52 Å². The van der Waals surface area contributed by atoms with E-state index in [2.05, 4.69) is 15.9 Å². The minimum absolute atomic E-state index is 0.0561. The molecule has 0 aliphatic rings. The van der Waals surface area contributed by atoms with E-state index < -0.39 is 5.97 Å². The smallest absolute Gasteiger partial charge is 0.371 e. The predicted octanol–water partition coefficient (Wildman–Crippen LogP) is 2.58. The van der Waals surface area contributed by atoms with Crippen molar-refractivity contribution in [1.82, 2.24) is 0 Å². The minimum atomic E-state index is -1.06. The quantitative estimate of drug-likeness (QED) is 0.909. The second kappa shape index (κ2) is 4.04. The molecule has 1 heterocycles. The van der Waals surface area contributed by atoms with Crippen LogP contribution in [0.25, 0.3) is 0 Å². The third kappa shape index (κ3) is 2.09. The normalized spacial score (nSPS) is 10.6. The number of aromatic carboxylic acids is 1. The highest BCUT2D eigenvalue weighted by molar-refractivity contribution is 9.10. The molecule has 1 N–H and O–H groups in total. The number of hydrogen-bond donors (Lipinski definition) is 1. The van der Waals surface area contributed by atoms with E-state index in [-0.39, 0.29) is 11.8 Å². The summed E-state index contributed by atoms with van der Waals surface area (Å²) in [5.41, 5.74) is 0. The number of carbonyl (C=O) groups is 1. The first-order valence-electron chi connectivity index (χ1n) is 4.19. The van der Waals surface area contributed by atoms with Crippen LogP contribution >= 0.6 is 15.9 Å². The molecule has 78 valence electrons. The SMILES string of the molecule is CC(C)N(C)c1oc(C(=O)O)cc1Br. The largest absolute Gasteiger partial charge is 0.475 e. The average Bonchev–Trinajstić information content (AvgIpc) is 2.46. The van der Waals surface area contributed by atoms with Crippen molar-refractivity contribution >= 4 is 27.8 Å². The second-order valence-corrected chi connectivity index (χ2v) is 4.13. The van der Waals surface area contributed by atoms with Crippen LogP contribution < -0.4 is 4.90 Å². The van der Waals surface area contributed by atoms with E-state index >= 15 is 0 Å². The highest BCUT2D eigenvalue weighted by Crippen LogP contribution is 2.30. The summed E-state index contributed by atoms with van der Waals surface area (Å²) in [4.78, 5) is 12.5. The molecule has 0 spiro atoms. The molecule has 0 amide bonds. The Kier molecular flexibility index (Phi) is 3.21. The van der Waals surface area contributed by atoms with Gasteiger partial charge in [-0.1, -0.05) is 0 Å². The molecule has 0 saturated carbocycles. The van der Waals surface area contributed by atoms with Gasteiger partial charge in [0, 0.05) is 19.2 Å². The van der Waals surface area contributed by atoms with Gasteiger partial charge in [-0.2, -0.15) is 0 Å². The van der Waals surface area contributed by atoms with E-state index in [0.29, 0.717) is 10.4 Å². The van der Waals surface area contributed by atoms with Gasteiger partial charge in [-0.15, -0.1) is 0 Å². The molecule has 1 aromatic rings. The van der Waals surface area contributed by atoms with Gasteiger partial charge in [0.15, 0.2) is 0 Å². The topological polar surface area (TPSA) is 53.7 Å². The molecule has 0 unspecified atom stereocenters. The molecule has 0 bridgehead atoms. The fraction of sp³-hybridized carbons (Fsp3) is 0.444. The first-order chi connectivity index (χ1) is 6.43. The Bertz CT molecular complexity index is 346.